The molecule has 0 radical (unpaired) electrons. The Labute approximate surface area is 168 Å². The number of benzene rings is 5. The zero-order valence-electron chi connectivity index (χ0n) is 15.6. The van der Waals surface area contributed by atoms with Crippen LogP contribution in [0.15, 0.2) is 91.0 Å². The zero-order valence-corrected chi connectivity index (χ0v) is 15.6. The molecule has 3 heteroatoms. The van der Waals surface area contributed by atoms with Crippen LogP contribution in [0.25, 0.3) is 21.5 Å². The Morgan fingerprint density at radius 1 is 0.517 bits per heavy atom. The van der Waals surface area contributed by atoms with E-state index in [-0.39, 0.29) is 6.71 Å². The average molecular weight is 370 g/mol. The van der Waals surface area contributed by atoms with E-state index in [1.54, 1.807) is 0 Å². The molecule has 0 bridgehead atoms. The second-order valence-corrected chi connectivity index (χ2v) is 7.72. The van der Waals surface area contributed by atoms with Crippen LogP contribution in [-0.2, 0) is 0 Å². The first-order chi connectivity index (χ1) is 14.4. The minimum Gasteiger partial charge on any atom is -0.458 e. The molecule has 2 heterocycles. The second kappa shape index (κ2) is 5.42. The standard InChI is InChI=1S/C26H15BO2/c1-3-9-18-16(7-1)13-14-21-25(18)29-23-15-17-8-2-4-10-19(17)26-24(23)27(21)20-11-5-6-12-22(20)28-26/h1-15H. The molecular formula is C26H15BO2. The van der Waals surface area contributed by atoms with Crippen molar-refractivity contribution in [3.8, 4) is 23.0 Å². The van der Waals surface area contributed by atoms with Crippen molar-refractivity contribution in [2.75, 3.05) is 0 Å². The monoisotopic (exact) mass is 370 g/mol. The number of ether oxygens (including phenoxy) is 2. The molecule has 0 saturated carbocycles. The molecule has 29 heavy (non-hydrogen) atoms. The van der Waals surface area contributed by atoms with Crippen LogP contribution in [0.1, 0.15) is 0 Å². The lowest BCUT2D eigenvalue weighted by Crippen LogP contribution is -2.57. The van der Waals surface area contributed by atoms with E-state index in [2.05, 4.69) is 84.9 Å². The van der Waals surface area contributed by atoms with Crippen LogP contribution in [0.4, 0.5) is 0 Å². The van der Waals surface area contributed by atoms with Gasteiger partial charge >= 0.3 is 0 Å². The second-order valence-electron chi connectivity index (χ2n) is 7.72. The Balaban J connectivity index is 1.64. The maximum absolute atomic E-state index is 6.58. The lowest BCUT2D eigenvalue weighted by atomic mass is 9.34. The number of para-hydroxylation sites is 1. The van der Waals surface area contributed by atoms with Gasteiger partial charge in [0, 0.05) is 16.2 Å². The van der Waals surface area contributed by atoms with Crippen molar-refractivity contribution < 1.29 is 9.47 Å². The number of hydrogen-bond donors (Lipinski definition) is 0. The lowest BCUT2D eigenvalue weighted by molar-refractivity contribution is 0.471. The summed E-state index contributed by atoms with van der Waals surface area (Å²) >= 11 is 0. The molecule has 0 saturated heterocycles. The molecule has 0 atom stereocenters. The number of hydrogen-bond acceptors (Lipinski definition) is 2. The maximum Gasteiger partial charge on any atom is 0.260 e. The fourth-order valence-corrected chi connectivity index (χ4v) is 4.88. The molecule has 2 aliphatic heterocycles. The highest BCUT2D eigenvalue weighted by Gasteiger charge is 2.41. The molecule has 0 N–H and O–H groups in total. The zero-order chi connectivity index (χ0) is 18.9. The first-order valence-corrected chi connectivity index (χ1v) is 9.90. The fourth-order valence-electron chi connectivity index (χ4n) is 4.88. The summed E-state index contributed by atoms with van der Waals surface area (Å²) in [5.41, 5.74) is 3.52. The number of fused-ring (bicyclic) bond motifs is 8. The van der Waals surface area contributed by atoms with E-state index in [9.17, 15) is 0 Å². The Morgan fingerprint density at radius 3 is 2.10 bits per heavy atom. The van der Waals surface area contributed by atoms with Gasteiger partial charge in [0.05, 0.1) is 0 Å². The molecule has 2 aliphatic rings. The van der Waals surface area contributed by atoms with Crippen LogP contribution in [-0.4, -0.2) is 6.71 Å². The topological polar surface area (TPSA) is 18.5 Å². The van der Waals surface area contributed by atoms with Crippen LogP contribution < -0.4 is 25.9 Å². The van der Waals surface area contributed by atoms with E-state index >= 15 is 0 Å². The van der Waals surface area contributed by atoms with Crippen LogP contribution in [0.3, 0.4) is 0 Å². The van der Waals surface area contributed by atoms with Crippen LogP contribution in [0.5, 0.6) is 23.0 Å². The molecule has 0 aromatic heterocycles. The molecule has 134 valence electrons. The highest BCUT2D eigenvalue weighted by atomic mass is 16.5. The van der Waals surface area contributed by atoms with E-state index in [1.165, 1.54) is 16.3 Å². The molecule has 0 spiro atoms. The third-order valence-electron chi connectivity index (χ3n) is 6.17. The summed E-state index contributed by atoms with van der Waals surface area (Å²) in [4.78, 5) is 0. The van der Waals surface area contributed by atoms with E-state index in [0.717, 1.165) is 44.6 Å². The van der Waals surface area contributed by atoms with Crippen molar-refractivity contribution in [3.63, 3.8) is 0 Å². The van der Waals surface area contributed by atoms with Gasteiger partial charge in [-0.1, -0.05) is 78.9 Å². The Hall–Kier alpha value is -3.72. The molecule has 5 aromatic carbocycles. The SMILES string of the molecule is c1ccc2c(c1)Oc1c3c(cc4ccccc14)Oc1c(ccc4ccccc14)B23. The van der Waals surface area contributed by atoms with Gasteiger partial charge < -0.3 is 9.47 Å². The fraction of sp³-hybridized carbons (Fsp3) is 0. The molecule has 0 aliphatic carbocycles. The number of rotatable bonds is 0. The van der Waals surface area contributed by atoms with Gasteiger partial charge in [0.25, 0.3) is 6.71 Å². The first-order valence-electron chi connectivity index (χ1n) is 9.90. The maximum atomic E-state index is 6.58. The minimum atomic E-state index is 0.0999. The molecular weight excluding hydrogens is 355 g/mol. The van der Waals surface area contributed by atoms with Gasteiger partial charge in [0.1, 0.15) is 23.0 Å². The highest BCUT2D eigenvalue weighted by Crippen LogP contribution is 2.41. The first kappa shape index (κ1) is 15.2. The smallest absolute Gasteiger partial charge is 0.260 e. The van der Waals surface area contributed by atoms with Gasteiger partial charge in [-0.05, 0) is 33.8 Å². The van der Waals surface area contributed by atoms with Crippen molar-refractivity contribution in [2.24, 2.45) is 0 Å². The van der Waals surface area contributed by atoms with Crippen molar-refractivity contribution in [1.29, 1.82) is 0 Å². The van der Waals surface area contributed by atoms with Crippen molar-refractivity contribution >= 4 is 44.6 Å². The summed E-state index contributed by atoms with van der Waals surface area (Å²) in [6.45, 7) is 0.0999. The van der Waals surface area contributed by atoms with Gasteiger partial charge in [-0.3, -0.25) is 0 Å². The lowest BCUT2D eigenvalue weighted by Gasteiger charge is -2.34. The molecule has 5 aromatic rings. The van der Waals surface area contributed by atoms with E-state index in [1.807, 2.05) is 6.07 Å². The van der Waals surface area contributed by atoms with E-state index < -0.39 is 0 Å². The van der Waals surface area contributed by atoms with Crippen molar-refractivity contribution in [3.05, 3.63) is 91.0 Å². The predicted molar refractivity (Wildman–Crippen MR) is 119 cm³/mol. The van der Waals surface area contributed by atoms with Crippen molar-refractivity contribution in [2.45, 2.75) is 0 Å². The molecule has 7 rings (SSSR count). The van der Waals surface area contributed by atoms with Gasteiger partial charge in [0.2, 0.25) is 0 Å². The van der Waals surface area contributed by atoms with E-state index in [0.29, 0.717) is 0 Å². The molecule has 0 fully saturated rings. The Bertz CT molecular complexity index is 1470. The third kappa shape index (κ3) is 1.97. The van der Waals surface area contributed by atoms with Gasteiger partial charge in [0.15, 0.2) is 0 Å². The minimum absolute atomic E-state index is 0.0999. The van der Waals surface area contributed by atoms with Gasteiger partial charge in [-0.25, -0.2) is 0 Å². The summed E-state index contributed by atoms with van der Waals surface area (Å²) in [5, 5.41) is 4.59. The molecule has 0 amide bonds. The van der Waals surface area contributed by atoms with Crippen LogP contribution in [0, 0.1) is 0 Å². The quantitative estimate of drug-likeness (QED) is 0.360. The molecule has 2 nitrogen and oxygen atoms in total. The summed E-state index contributed by atoms with van der Waals surface area (Å²) in [5.74, 6) is 3.69. The largest absolute Gasteiger partial charge is 0.458 e. The predicted octanol–water partition coefficient (Wildman–Crippen LogP) is 4.72. The van der Waals surface area contributed by atoms with Crippen molar-refractivity contribution in [1.82, 2.24) is 0 Å². The van der Waals surface area contributed by atoms with Gasteiger partial charge in [-0.15, -0.1) is 0 Å². The van der Waals surface area contributed by atoms with E-state index in [4.69, 9.17) is 9.47 Å². The molecule has 0 unspecified atom stereocenters. The van der Waals surface area contributed by atoms with Gasteiger partial charge in [-0.2, -0.15) is 0 Å². The summed E-state index contributed by atoms with van der Waals surface area (Å²) in [6.07, 6.45) is 0. The van der Waals surface area contributed by atoms with Crippen LogP contribution in [0.2, 0.25) is 0 Å². The Morgan fingerprint density at radius 2 is 1.21 bits per heavy atom. The summed E-state index contributed by atoms with van der Waals surface area (Å²) in [7, 11) is 0. The summed E-state index contributed by atoms with van der Waals surface area (Å²) in [6, 6.07) is 31.7. The normalized spacial score (nSPS) is 13.3. The third-order valence-corrected chi connectivity index (χ3v) is 6.17. The van der Waals surface area contributed by atoms with Crippen LogP contribution >= 0.6 is 0 Å². The highest BCUT2D eigenvalue weighted by molar-refractivity contribution is 6.98. The summed E-state index contributed by atoms with van der Waals surface area (Å²) < 4.78 is 13.0. The average Bonchev–Trinajstić information content (AvgIpc) is 2.78. The Kier molecular flexibility index (Phi) is 2.85.